The first-order valence-corrected chi connectivity index (χ1v) is 11.5. The van der Waals surface area contributed by atoms with Crippen molar-refractivity contribution in [1.29, 1.82) is 0 Å². The number of carbonyl (C=O) groups is 3. The zero-order valence-corrected chi connectivity index (χ0v) is 20.6. The number of alkyl halides is 3. The maximum absolute atomic E-state index is 13.5. The lowest BCUT2D eigenvalue weighted by Gasteiger charge is -2.33. The Labute approximate surface area is 208 Å². The van der Waals surface area contributed by atoms with E-state index < -0.39 is 48.6 Å². The van der Waals surface area contributed by atoms with Gasteiger partial charge in [0.25, 0.3) is 0 Å². The first-order valence-electron chi connectivity index (χ1n) is 10.8. The van der Waals surface area contributed by atoms with Crippen LogP contribution in [0.2, 0.25) is 0 Å². The second kappa shape index (κ2) is 10.3. The number of halogens is 5. The van der Waals surface area contributed by atoms with Crippen LogP contribution in [0.3, 0.4) is 0 Å². The van der Waals surface area contributed by atoms with Crippen molar-refractivity contribution in [3.05, 3.63) is 69.4 Å². The molecule has 2 aromatic carbocycles. The van der Waals surface area contributed by atoms with Gasteiger partial charge in [0.2, 0.25) is 5.91 Å². The van der Waals surface area contributed by atoms with E-state index in [4.69, 9.17) is 0 Å². The smallest absolute Gasteiger partial charge is 0.325 e. The summed E-state index contributed by atoms with van der Waals surface area (Å²) in [6.07, 6.45) is -3.21. The third-order valence-corrected chi connectivity index (χ3v) is 6.61. The molecule has 0 unspecified atom stereocenters. The zero-order valence-electron chi connectivity index (χ0n) is 19.0. The molecule has 6 nitrogen and oxygen atoms in total. The molecule has 1 aliphatic rings. The quantitative estimate of drug-likeness (QED) is 0.401. The van der Waals surface area contributed by atoms with Gasteiger partial charge in [0.1, 0.15) is 30.2 Å². The van der Waals surface area contributed by atoms with Crippen LogP contribution < -0.4 is 5.32 Å². The molecule has 1 aliphatic carbocycles. The molecular weight excluding hydrogens is 534 g/mol. The van der Waals surface area contributed by atoms with Crippen molar-refractivity contribution < 1.29 is 31.9 Å². The molecule has 0 aliphatic heterocycles. The Kier molecular flexibility index (Phi) is 7.88. The van der Waals surface area contributed by atoms with Gasteiger partial charge in [-0.15, -0.1) is 0 Å². The van der Waals surface area contributed by atoms with E-state index in [2.05, 4.69) is 21.2 Å². The van der Waals surface area contributed by atoms with Crippen molar-refractivity contribution in [2.45, 2.75) is 44.1 Å². The van der Waals surface area contributed by atoms with Crippen LogP contribution in [0.1, 0.15) is 30.0 Å². The van der Waals surface area contributed by atoms with Gasteiger partial charge in [-0.05, 0) is 60.7 Å². The van der Waals surface area contributed by atoms with Crippen LogP contribution in [0.4, 0.5) is 22.4 Å². The Hall–Kier alpha value is -2.95. The second-order valence-electron chi connectivity index (χ2n) is 8.54. The summed E-state index contributed by atoms with van der Waals surface area (Å²) in [5, 5.41) is 2.65. The monoisotopic (exact) mass is 557 g/mol. The molecule has 35 heavy (non-hydrogen) atoms. The molecule has 0 heterocycles. The third kappa shape index (κ3) is 6.01. The van der Waals surface area contributed by atoms with E-state index in [0.29, 0.717) is 35.2 Å². The predicted molar refractivity (Wildman–Crippen MR) is 124 cm³/mol. The molecule has 0 bridgehead atoms. The molecule has 2 aromatic rings. The van der Waals surface area contributed by atoms with Gasteiger partial charge in [-0.2, -0.15) is 13.2 Å². The van der Waals surface area contributed by atoms with Gasteiger partial charge in [0.05, 0.1) is 0 Å². The number of fused-ring (bicyclic) bond motifs is 1. The number of aldehydes is 1. The van der Waals surface area contributed by atoms with E-state index in [1.807, 2.05) is 6.07 Å². The molecule has 0 aromatic heterocycles. The Bertz CT molecular complexity index is 1110. The number of amides is 3. The summed E-state index contributed by atoms with van der Waals surface area (Å²) >= 11 is 3.37. The summed E-state index contributed by atoms with van der Waals surface area (Å²) in [6, 6.07) is 7.17. The zero-order chi connectivity index (χ0) is 26.0. The summed E-state index contributed by atoms with van der Waals surface area (Å²) in [7, 11) is 1.26. The molecular formula is C24H24BrF4N3O3. The van der Waals surface area contributed by atoms with Gasteiger partial charge in [-0.3, -0.25) is 4.79 Å². The van der Waals surface area contributed by atoms with E-state index in [0.717, 1.165) is 34.0 Å². The standard InChI is InChI=1S/C24H24BrF4N3O3/c1-15(24(27,28)29)32(12-16-3-6-19(26)7-4-16)21(34)13-31(2)22(35)30-23(14-33)10-9-17-11-18(25)5-8-20(17)23/h3-8,11,14-15H,9-10,12-13H2,1-2H3,(H,30,35)/t15-,23+/m0/s1. The topological polar surface area (TPSA) is 69.7 Å². The fourth-order valence-corrected chi connectivity index (χ4v) is 4.42. The average molecular weight is 558 g/mol. The summed E-state index contributed by atoms with van der Waals surface area (Å²) in [6.45, 7) is -0.234. The first-order chi connectivity index (χ1) is 16.4. The molecule has 1 N–H and O–H groups in total. The summed E-state index contributed by atoms with van der Waals surface area (Å²) in [5.74, 6) is -1.51. The summed E-state index contributed by atoms with van der Waals surface area (Å²) in [4.78, 5) is 39.3. The Balaban J connectivity index is 1.75. The lowest BCUT2D eigenvalue weighted by Crippen LogP contribution is -2.54. The van der Waals surface area contributed by atoms with E-state index in [9.17, 15) is 31.9 Å². The third-order valence-electron chi connectivity index (χ3n) is 6.11. The highest BCUT2D eigenvalue weighted by Gasteiger charge is 2.43. The molecule has 0 radical (unpaired) electrons. The van der Waals surface area contributed by atoms with Crippen LogP contribution in [0.5, 0.6) is 0 Å². The van der Waals surface area contributed by atoms with Gasteiger partial charge < -0.3 is 19.9 Å². The van der Waals surface area contributed by atoms with Crippen molar-refractivity contribution in [3.8, 4) is 0 Å². The molecule has 0 saturated carbocycles. The number of nitrogens with zero attached hydrogens (tertiary/aromatic N) is 2. The molecule has 0 fully saturated rings. The number of carbonyl (C=O) groups excluding carboxylic acids is 3. The van der Waals surface area contributed by atoms with Crippen LogP contribution in [0, 0.1) is 5.82 Å². The fourth-order valence-electron chi connectivity index (χ4n) is 4.01. The molecule has 3 rings (SSSR count). The van der Waals surface area contributed by atoms with Crippen LogP contribution in [-0.2, 0) is 28.1 Å². The minimum Gasteiger partial charge on any atom is -0.325 e. The van der Waals surface area contributed by atoms with E-state index >= 15 is 0 Å². The van der Waals surface area contributed by atoms with E-state index in [1.165, 1.54) is 19.2 Å². The number of aryl methyl sites for hydroxylation is 1. The second-order valence-corrected chi connectivity index (χ2v) is 9.46. The number of hydrogen-bond donors (Lipinski definition) is 1. The van der Waals surface area contributed by atoms with Crippen molar-refractivity contribution in [1.82, 2.24) is 15.1 Å². The molecule has 2 atom stereocenters. The largest absolute Gasteiger partial charge is 0.408 e. The number of rotatable bonds is 7. The maximum atomic E-state index is 13.5. The van der Waals surface area contributed by atoms with E-state index in [-0.39, 0.29) is 0 Å². The van der Waals surface area contributed by atoms with Crippen LogP contribution in [-0.4, -0.2) is 53.8 Å². The lowest BCUT2D eigenvalue weighted by atomic mass is 9.93. The average Bonchev–Trinajstić information content (AvgIpc) is 3.15. The van der Waals surface area contributed by atoms with E-state index in [1.54, 1.807) is 12.1 Å². The van der Waals surface area contributed by atoms with Crippen LogP contribution in [0.15, 0.2) is 46.9 Å². The number of hydrogen-bond acceptors (Lipinski definition) is 3. The fraction of sp³-hybridized carbons (Fsp3) is 0.375. The normalized spacial score (nSPS) is 17.9. The maximum Gasteiger partial charge on any atom is 0.408 e. The number of benzene rings is 2. The van der Waals surface area contributed by atoms with Gasteiger partial charge >= 0.3 is 12.2 Å². The highest BCUT2D eigenvalue weighted by atomic mass is 79.9. The van der Waals surface area contributed by atoms with Crippen LogP contribution in [0.25, 0.3) is 0 Å². The number of nitrogens with one attached hydrogen (secondary N) is 1. The number of likely N-dealkylation sites (N-methyl/N-ethyl adjacent to an activating group) is 1. The van der Waals surface area contributed by atoms with Gasteiger partial charge in [0.15, 0.2) is 0 Å². The van der Waals surface area contributed by atoms with Gasteiger partial charge in [0, 0.05) is 18.1 Å². The van der Waals surface area contributed by atoms with Crippen molar-refractivity contribution in [2.75, 3.05) is 13.6 Å². The minimum atomic E-state index is -4.71. The number of urea groups is 1. The Morgan fingerprint density at radius 1 is 1.20 bits per heavy atom. The lowest BCUT2D eigenvalue weighted by molar-refractivity contribution is -0.187. The molecule has 11 heteroatoms. The minimum absolute atomic E-state index is 0.302. The van der Waals surface area contributed by atoms with Gasteiger partial charge in [-0.1, -0.05) is 34.1 Å². The van der Waals surface area contributed by atoms with Crippen molar-refractivity contribution in [2.24, 2.45) is 0 Å². The Morgan fingerprint density at radius 3 is 2.46 bits per heavy atom. The highest BCUT2D eigenvalue weighted by Crippen LogP contribution is 2.37. The van der Waals surface area contributed by atoms with Crippen molar-refractivity contribution in [3.63, 3.8) is 0 Å². The predicted octanol–water partition coefficient (Wildman–Crippen LogP) is 4.55. The SMILES string of the molecule is C[C@H](N(Cc1ccc(F)cc1)C(=O)CN(C)C(=O)N[C@@]1(C=O)CCc2cc(Br)ccc21)C(F)(F)F. The summed E-state index contributed by atoms with van der Waals surface area (Å²) < 4.78 is 54.4. The molecule has 188 valence electrons. The highest BCUT2D eigenvalue weighted by molar-refractivity contribution is 9.10. The Morgan fingerprint density at radius 2 is 1.86 bits per heavy atom. The first kappa shape index (κ1) is 26.7. The molecule has 0 spiro atoms. The molecule has 3 amide bonds. The summed E-state index contributed by atoms with van der Waals surface area (Å²) in [5.41, 5.74) is 0.524. The van der Waals surface area contributed by atoms with Crippen molar-refractivity contribution >= 4 is 34.2 Å². The molecule has 0 saturated heterocycles. The van der Waals surface area contributed by atoms with Gasteiger partial charge in [-0.25, -0.2) is 9.18 Å². The van der Waals surface area contributed by atoms with Crippen LogP contribution >= 0.6 is 15.9 Å².